The highest BCUT2D eigenvalue weighted by Gasteiger charge is 2.26. The molecule has 1 saturated heterocycles. The summed E-state index contributed by atoms with van der Waals surface area (Å²) < 4.78 is 0. The molecule has 1 fully saturated rings. The van der Waals surface area contributed by atoms with Crippen LogP contribution in [-0.2, 0) is 0 Å². The highest BCUT2D eigenvalue weighted by molar-refractivity contribution is 5.52. The molecule has 0 bridgehead atoms. The molecule has 0 aliphatic carbocycles. The van der Waals surface area contributed by atoms with Crippen molar-refractivity contribution in [3.63, 3.8) is 0 Å². The zero-order valence-electron chi connectivity index (χ0n) is 10.8. The Kier molecular flexibility index (Phi) is 3.09. The van der Waals surface area contributed by atoms with Gasteiger partial charge in [0.25, 0.3) is 0 Å². The van der Waals surface area contributed by atoms with Gasteiger partial charge in [0.1, 0.15) is 11.6 Å². The second-order valence-corrected chi connectivity index (χ2v) is 5.37. The van der Waals surface area contributed by atoms with Crippen LogP contribution < -0.4 is 16.0 Å². The van der Waals surface area contributed by atoms with E-state index in [0.29, 0.717) is 11.4 Å². The monoisotopic (exact) mass is 235 g/mol. The summed E-state index contributed by atoms with van der Waals surface area (Å²) in [4.78, 5) is 10.7. The van der Waals surface area contributed by atoms with Crippen molar-refractivity contribution in [1.29, 1.82) is 0 Å². The van der Waals surface area contributed by atoms with E-state index >= 15 is 0 Å². The Morgan fingerprint density at radius 3 is 2.53 bits per heavy atom. The predicted molar refractivity (Wildman–Crippen MR) is 71.2 cm³/mol. The molecule has 0 saturated carbocycles. The van der Waals surface area contributed by atoms with Gasteiger partial charge in [-0.15, -0.1) is 0 Å². The Labute approximate surface area is 102 Å². The molecule has 1 aliphatic rings. The fraction of sp³-hybridized carbons (Fsp3) is 0.667. The minimum Gasteiger partial charge on any atom is -0.373 e. The molecule has 5 nitrogen and oxygen atoms in total. The highest BCUT2D eigenvalue weighted by Crippen LogP contribution is 2.32. The molecule has 1 aromatic rings. The second-order valence-electron chi connectivity index (χ2n) is 5.37. The van der Waals surface area contributed by atoms with Crippen molar-refractivity contribution in [3.8, 4) is 0 Å². The van der Waals surface area contributed by atoms with Crippen LogP contribution in [0, 0.1) is 5.41 Å². The number of nitrogens with one attached hydrogen (secondary N) is 1. The molecule has 0 unspecified atom stereocenters. The third-order valence-electron chi connectivity index (χ3n) is 3.43. The van der Waals surface area contributed by atoms with Crippen LogP contribution in [0.25, 0.3) is 0 Å². The van der Waals surface area contributed by atoms with Gasteiger partial charge >= 0.3 is 0 Å². The average molecular weight is 235 g/mol. The smallest absolute Gasteiger partial charge is 0.223 e. The van der Waals surface area contributed by atoms with Gasteiger partial charge in [-0.3, -0.25) is 0 Å². The predicted octanol–water partition coefficient (Wildman–Crippen LogP) is 1.73. The summed E-state index contributed by atoms with van der Waals surface area (Å²) in [6, 6.07) is 1.95. The third-order valence-corrected chi connectivity index (χ3v) is 3.43. The summed E-state index contributed by atoms with van der Waals surface area (Å²) in [5.74, 6) is 2.03. The third kappa shape index (κ3) is 2.78. The molecule has 0 radical (unpaired) electrons. The summed E-state index contributed by atoms with van der Waals surface area (Å²) in [5.41, 5.74) is 6.15. The lowest BCUT2D eigenvalue weighted by molar-refractivity contribution is 0.279. The topological polar surface area (TPSA) is 67.1 Å². The molecule has 3 N–H and O–H groups in total. The molecule has 0 amide bonds. The molecule has 5 heteroatoms. The number of anilines is 3. The summed E-state index contributed by atoms with van der Waals surface area (Å²) >= 11 is 0. The van der Waals surface area contributed by atoms with Gasteiger partial charge in [0, 0.05) is 26.2 Å². The van der Waals surface area contributed by atoms with Gasteiger partial charge in [-0.05, 0) is 18.3 Å². The van der Waals surface area contributed by atoms with E-state index in [0.717, 1.165) is 24.7 Å². The number of hydrogen-bond acceptors (Lipinski definition) is 5. The Morgan fingerprint density at radius 2 is 1.94 bits per heavy atom. The maximum Gasteiger partial charge on any atom is 0.223 e. The van der Waals surface area contributed by atoms with Gasteiger partial charge in [0.2, 0.25) is 5.95 Å². The van der Waals surface area contributed by atoms with Crippen molar-refractivity contribution >= 4 is 17.6 Å². The van der Waals surface area contributed by atoms with Crippen molar-refractivity contribution in [2.45, 2.75) is 26.7 Å². The molecule has 1 aromatic heterocycles. The van der Waals surface area contributed by atoms with Crippen LogP contribution in [0.15, 0.2) is 6.07 Å². The number of piperidine rings is 1. The fourth-order valence-corrected chi connectivity index (χ4v) is 2.08. The van der Waals surface area contributed by atoms with Crippen LogP contribution in [-0.4, -0.2) is 30.1 Å². The van der Waals surface area contributed by atoms with Crippen LogP contribution in [0.3, 0.4) is 0 Å². The summed E-state index contributed by atoms with van der Waals surface area (Å²) in [6.07, 6.45) is 2.37. The normalized spacial score (nSPS) is 19.1. The number of nitrogens with zero attached hydrogens (tertiary/aromatic N) is 3. The van der Waals surface area contributed by atoms with Crippen LogP contribution >= 0.6 is 0 Å². The zero-order chi connectivity index (χ0) is 12.5. The Morgan fingerprint density at radius 1 is 1.29 bits per heavy atom. The van der Waals surface area contributed by atoms with Crippen molar-refractivity contribution in [1.82, 2.24) is 9.97 Å². The summed E-state index contributed by atoms with van der Waals surface area (Å²) in [6.45, 7) is 6.70. The first kappa shape index (κ1) is 12.0. The SMILES string of the molecule is CNc1cc(N2CCC(C)(C)CC2)nc(N)n1. The summed E-state index contributed by atoms with van der Waals surface area (Å²) in [7, 11) is 1.84. The molecular formula is C12H21N5. The van der Waals surface area contributed by atoms with E-state index < -0.39 is 0 Å². The zero-order valence-corrected chi connectivity index (χ0v) is 10.8. The fourth-order valence-electron chi connectivity index (χ4n) is 2.08. The minimum atomic E-state index is 0.330. The van der Waals surface area contributed by atoms with E-state index in [9.17, 15) is 0 Å². The van der Waals surface area contributed by atoms with Crippen LogP contribution in [0.2, 0.25) is 0 Å². The van der Waals surface area contributed by atoms with Crippen LogP contribution in [0.4, 0.5) is 17.6 Å². The largest absolute Gasteiger partial charge is 0.373 e. The Bertz CT molecular complexity index is 392. The molecular weight excluding hydrogens is 214 g/mol. The van der Waals surface area contributed by atoms with E-state index in [4.69, 9.17) is 5.73 Å². The molecule has 0 aromatic carbocycles. The molecule has 2 heterocycles. The van der Waals surface area contributed by atoms with Gasteiger partial charge < -0.3 is 16.0 Å². The molecule has 0 spiro atoms. The average Bonchev–Trinajstić information content (AvgIpc) is 2.28. The number of rotatable bonds is 2. The van der Waals surface area contributed by atoms with Gasteiger partial charge in [0.05, 0.1) is 0 Å². The number of nitrogen functional groups attached to an aromatic ring is 1. The van der Waals surface area contributed by atoms with Crippen molar-refractivity contribution in [3.05, 3.63) is 6.07 Å². The highest BCUT2D eigenvalue weighted by atomic mass is 15.2. The quantitative estimate of drug-likeness (QED) is 0.817. The molecule has 2 rings (SSSR count). The lowest BCUT2D eigenvalue weighted by Crippen LogP contribution is -2.37. The first-order chi connectivity index (χ1) is 8.00. The molecule has 94 valence electrons. The maximum atomic E-state index is 5.71. The summed E-state index contributed by atoms with van der Waals surface area (Å²) in [5, 5.41) is 3.01. The number of hydrogen-bond donors (Lipinski definition) is 2. The molecule has 0 atom stereocenters. The van der Waals surface area contributed by atoms with Crippen molar-refractivity contribution < 1.29 is 0 Å². The van der Waals surface area contributed by atoms with Gasteiger partial charge in [0.15, 0.2) is 0 Å². The van der Waals surface area contributed by atoms with Crippen molar-refractivity contribution in [2.24, 2.45) is 5.41 Å². The van der Waals surface area contributed by atoms with Crippen molar-refractivity contribution in [2.75, 3.05) is 36.1 Å². The van der Waals surface area contributed by atoms with E-state index in [1.165, 1.54) is 12.8 Å². The standard InChI is InChI=1S/C12H21N5/c1-12(2)4-6-17(7-5-12)10-8-9(14-3)15-11(13)16-10/h8H,4-7H2,1-3H3,(H3,13,14,15,16). The van der Waals surface area contributed by atoms with Crippen LogP contribution in [0.1, 0.15) is 26.7 Å². The lowest BCUT2D eigenvalue weighted by atomic mass is 9.83. The first-order valence-corrected chi connectivity index (χ1v) is 6.07. The Hall–Kier alpha value is -1.52. The van der Waals surface area contributed by atoms with E-state index in [-0.39, 0.29) is 0 Å². The molecule has 1 aliphatic heterocycles. The molecule has 17 heavy (non-hydrogen) atoms. The maximum absolute atomic E-state index is 5.71. The number of aromatic nitrogens is 2. The lowest BCUT2D eigenvalue weighted by Gasteiger charge is -2.37. The van der Waals surface area contributed by atoms with Gasteiger partial charge in [-0.1, -0.05) is 13.8 Å². The second kappa shape index (κ2) is 4.39. The minimum absolute atomic E-state index is 0.330. The van der Waals surface area contributed by atoms with E-state index in [2.05, 4.69) is 34.0 Å². The van der Waals surface area contributed by atoms with Gasteiger partial charge in [-0.25, -0.2) is 0 Å². The van der Waals surface area contributed by atoms with E-state index in [1.807, 2.05) is 13.1 Å². The first-order valence-electron chi connectivity index (χ1n) is 6.07. The van der Waals surface area contributed by atoms with Gasteiger partial charge in [-0.2, -0.15) is 9.97 Å². The van der Waals surface area contributed by atoms with E-state index in [1.54, 1.807) is 0 Å². The number of nitrogens with two attached hydrogens (primary N) is 1. The Balaban J connectivity index is 2.15. The van der Waals surface area contributed by atoms with Crippen LogP contribution in [0.5, 0.6) is 0 Å².